The summed E-state index contributed by atoms with van der Waals surface area (Å²) in [4.78, 5) is 4.90. The summed E-state index contributed by atoms with van der Waals surface area (Å²) in [6, 6.07) is 30.2. The fraction of sp³-hybridized carbons (Fsp3) is 0.0333. The monoisotopic (exact) mass is 448 g/mol. The number of hydrogen-bond acceptors (Lipinski definition) is 2. The number of pyridine rings is 4. The van der Waals surface area contributed by atoms with Gasteiger partial charge in [0.25, 0.3) is 0 Å². The molecule has 5 heteroatoms. The second kappa shape index (κ2) is 5.15. The molecule has 5 nitrogen and oxygen atoms in total. The van der Waals surface area contributed by atoms with Gasteiger partial charge in [-0.25, -0.2) is 4.98 Å². The average molecular weight is 448 g/mol. The van der Waals surface area contributed by atoms with Crippen molar-refractivity contribution in [3.63, 3.8) is 0 Å². The third-order valence-electron chi connectivity index (χ3n) is 8.23. The minimum atomic E-state index is -0.566. The highest BCUT2D eigenvalue weighted by Gasteiger charge is 2.71. The van der Waals surface area contributed by atoms with E-state index in [9.17, 15) is 0 Å². The standard InChI is InChI=1S/C30H16N4O/c1-2-11-22-20(7-1)26-28-27-17(18-9-6-15-31-29(18)33(22)28)13-14-24-34(27)30(26)25-19(8-5-12-23(25)35-24)21-10-3-4-16-32(21)30/h1-16H/q+2. The maximum Gasteiger partial charge on any atom is 0.426 e. The Kier molecular flexibility index (Phi) is 2.47. The van der Waals surface area contributed by atoms with Crippen LogP contribution >= 0.6 is 0 Å². The van der Waals surface area contributed by atoms with Gasteiger partial charge in [-0.05, 0) is 42.5 Å². The van der Waals surface area contributed by atoms with E-state index in [-0.39, 0.29) is 0 Å². The van der Waals surface area contributed by atoms with E-state index in [0.717, 1.165) is 22.7 Å². The highest BCUT2D eigenvalue weighted by Crippen LogP contribution is 2.55. The van der Waals surface area contributed by atoms with Gasteiger partial charge in [-0.2, -0.15) is 0 Å². The highest BCUT2D eigenvalue weighted by molar-refractivity contribution is 6.15. The first kappa shape index (κ1) is 16.8. The molecule has 0 saturated heterocycles. The summed E-state index contributed by atoms with van der Waals surface area (Å²) in [5, 5.41) is 3.58. The molecule has 3 aliphatic rings. The van der Waals surface area contributed by atoms with E-state index in [4.69, 9.17) is 9.72 Å². The molecule has 3 aliphatic heterocycles. The molecular formula is C30H16N4O+2. The Morgan fingerprint density at radius 1 is 0.771 bits per heavy atom. The van der Waals surface area contributed by atoms with Crippen molar-refractivity contribution in [3.05, 3.63) is 108 Å². The number of fused-ring (bicyclic) bond motifs is 8. The van der Waals surface area contributed by atoms with Crippen molar-refractivity contribution in [1.82, 2.24) is 9.38 Å². The zero-order valence-corrected chi connectivity index (χ0v) is 18.4. The molecule has 8 heterocycles. The SMILES string of the molecule is c1cc2c3c(c1)-c1cccc[n+]1C31c3c4ccccc4n4c5ncccc5c5ccc([n+]1c5c34)O2. The predicted molar refractivity (Wildman–Crippen MR) is 132 cm³/mol. The normalized spacial score (nSPS) is 18.1. The average Bonchev–Trinajstić information content (AvgIpc) is 3.53. The van der Waals surface area contributed by atoms with Crippen LogP contribution in [0.5, 0.6) is 11.6 Å². The fourth-order valence-corrected chi connectivity index (χ4v) is 7.16. The van der Waals surface area contributed by atoms with Crippen LogP contribution in [0.4, 0.5) is 0 Å². The molecule has 10 rings (SSSR count). The minimum absolute atomic E-state index is 0.566. The number of benzene rings is 2. The molecule has 0 saturated carbocycles. The number of para-hydroxylation sites is 1. The van der Waals surface area contributed by atoms with Crippen LogP contribution in [0.15, 0.2) is 97.3 Å². The van der Waals surface area contributed by atoms with Crippen LogP contribution in [0.2, 0.25) is 0 Å². The lowest BCUT2D eigenvalue weighted by atomic mass is 9.89. The smallest absolute Gasteiger partial charge is 0.404 e. The van der Waals surface area contributed by atoms with Crippen molar-refractivity contribution in [2.75, 3.05) is 0 Å². The van der Waals surface area contributed by atoms with E-state index in [1.165, 1.54) is 49.7 Å². The Balaban J connectivity index is 1.63. The second-order valence-electron chi connectivity index (χ2n) is 9.63. The molecule has 1 spiro atoms. The van der Waals surface area contributed by atoms with E-state index in [1.54, 1.807) is 0 Å². The van der Waals surface area contributed by atoms with Gasteiger partial charge in [0.15, 0.2) is 17.5 Å². The summed E-state index contributed by atoms with van der Waals surface area (Å²) in [7, 11) is 0. The Bertz CT molecular complexity index is 2160. The van der Waals surface area contributed by atoms with Crippen LogP contribution in [-0.4, -0.2) is 9.38 Å². The molecule has 0 amide bonds. The molecule has 0 radical (unpaired) electrons. The summed E-state index contributed by atoms with van der Waals surface area (Å²) in [6.45, 7) is 0. The zero-order valence-electron chi connectivity index (χ0n) is 18.4. The molecular weight excluding hydrogens is 432 g/mol. The molecule has 160 valence electrons. The van der Waals surface area contributed by atoms with Crippen molar-refractivity contribution in [2.45, 2.75) is 5.66 Å². The van der Waals surface area contributed by atoms with Crippen molar-refractivity contribution in [1.29, 1.82) is 0 Å². The summed E-state index contributed by atoms with van der Waals surface area (Å²) < 4.78 is 13.9. The maximum absolute atomic E-state index is 6.63. The van der Waals surface area contributed by atoms with Crippen molar-refractivity contribution < 1.29 is 13.9 Å². The molecule has 5 aromatic heterocycles. The molecule has 35 heavy (non-hydrogen) atoms. The molecule has 0 fully saturated rings. The first-order valence-electron chi connectivity index (χ1n) is 11.9. The van der Waals surface area contributed by atoms with E-state index in [1.807, 2.05) is 12.3 Å². The quantitative estimate of drug-likeness (QED) is 0.240. The van der Waals surface area contributed by atoms with Crippen LogP contribution < -0.4 is 13.9 Å². The van der Waals surface area contributed by atoms with Gasteiger partial charge in [0.05, 0.1) is 22.5 Å². The Morgan fingerprint density at radius 2 is 1.69 bits per heavy atom. The molecule has 7 aromatic rings. The third kappa shape index (κ3) is 1.52. The summed E-state index contributed by atoms with van der Waals surface area (Å²) in [5.74, 6) is 1.78. The molecule has 0 aliphatic carbocycles. The topological polar surface area (TPSA) is 34.3 Å². The van der Waals surface area contributed by atoms with Crippen LogP contribution in [0.25, 0.3) is 49.6 Å². The summed E-state index contributed by atoms with van der Waals surface area (Å²) >= 11 is 0. The molecule has 0 N–H and O–H groups in total. The van der Waals surface area contributed by atoms with E-state index < -0.39 is 5.66 Å². The zero-order chi connectivity index (χ0) is 22.5. The van der Waals surface area contributed by atoms with Crippen molar-refractivity contribution in [2.24, 2.45) is 0 Å². The first-order chi connectivity index (χ1) is 17.4. The number of nitrogens with zero attached hydrogens (tertiary/aromatic N) is 4. The minimum Gasteiger partial charge on any atom is -0.404 e. The van der Waals surface area contributed by atoms with E-state index in [0.29, 0.717) is 0 Å². The largest absolute Gasteiger partial charge is 0.426 e. The number of aromatic nitrogens is 4. The molecule has 1 unspecified atom stereocenters. The maximum atomic E-state index is 6.63. The van der Waals surface area contributed by atoms with E-state index >= 15 is 0 Å². The van der Waals surface area contributed by atoms with Crippen LogP contribution in [0.3, 0.4) is 0 Å². The van der Waals surface area contributed by atoms with Crippen LogP contribution in [-0.2, 0) is 5.66 Å². The van der Waals surface area contributed by atoms with Gasteiger partial charge in [0.2, 0.25) is 11.2 Å². The van der Waals surface area contributed by atoms with Gasteiger partial charge in [0, 0.05) is 29.1 Å². The Hall–Kier alpha value is -4.77. The Labute approximate surface area is 198 Å². The van der Waals surface area contributed by atoms with Gasteiger partial charge in [-0.3, -0.25) is 4.40 Å². The molecule has 1 atom stereocenters. The van der Waals surface area contributed by atoms with E-state index in [2.05, 4.69) is 98.6 Å². The second-order valence-corrected chi connectivity index (χ2v) is 9.63. The summed E-state index contributed by atoms with van der Waals surface area (Å²) in [5.41, 5.74) is 8.94. The Morgan fingerprint density at radius 3 is 2.69 bits per heavy atom. The first-order valence-corrected chi connectivity index (χ1v) is 11.9. The predicted octanol–water partition coefficient (Wildman–Crippen LogP) is 5.07. The highest BCUT2D eigenvalue weighted by atomic mass is 16.5. The lowest BCUT2D eigenvalue weighted by molar-refractivity contribution is -0.952. The number of hydrogen-bond donors (Lipinski definition) is 0. The lowest BCUT2D eigenvalue weighted by Crippen LogP contribution is -2.72. The molecule has 2 aromatic carbocycles. The lowest BCUT2D eigenvalue weighted by Gasteiger charge is -2.24. The molecule has 0 bridgehead atoms. The van der Waals surface area contributed by atoms with Gasteiger partial charge >= 0.3 is 11.5 Å². The van der Waals surface area contributed by atoms with Crippen molar-refractivity contribution in [3.8, 4) is 22.9 Å². The van der Waals surface area contributed by atoms with Gasteiger partial charge in [-0.15, -0.1) is 4.57 Å². The number of rotatable bonds is 0. The van der Waals surface area contributed by atoms with Crippen molar-refractivity contribution >= 4 is 38.4 Å². The fourth-order valence-electron chi connectivity index (χ4n) is 7.16. The van der Waals surface area contributed by atoms with Crippen LogP contribution in [0.1, 0.15) is 11.1 Å². The van der Waals surface area contributed by atoms with Gasteiger partial charge < -0.3 is 4.74 Å². The number of ether oxygens (including phenoxy) is 1. The third-order valence-corrected chi connectivity index (χ3v) is 8.23. The summed E-state index contributed by atoms with van der Waals surface area (Å²) in [6.07, 6.45) is 4.12. The van der Waals surface area contributed by atoms with Gasteiger partial charge in [0.1, 0.15) is 16.7 Å². The van der Waals surface area contributed by atoms with Crippen LogP contribution in [0, 0.1) is 0 Å². The van der Waals surface area contributed by atoms with Gasteiger partial charge in [-0.1, -0.05) is 28.8 Å².